The third kappa shape index (κ3) is 9.06. The molecule has 0 aromatic heterocycles. The van der Waals surface area contributed by atoms with Gasteiger partial charge in [-0.3, -0.25) is 4.99 Å². The Kier molecular flexibility index (Phi) is 12.8. The molecule has 1 aromatic carbocycles. The number of aliphatic imine (C=N–C) groups is 1. The van der Waals surface area contributed by atoms with E-state index in [0.29, 0.717) is 38.7 Å². The molecule has 0 saturated carbocycles. The number of benzene rings is 1. The van der Waals surface area contributed by atoms with Gasteiger partial charge in [-0.25, -0.2) is 12.7 Å². The highest BCUT2D eigenvalue weighted by molar-refractivity contribution is 14.0. The zero-order valence-corrected chi connectivity index (χ0v) is 21.8. The van der Waals surface area contributed by atoms with E-state index in [4.69, 9.17) is 9.47 Å². The summed E-state index contributed by atoms with van der Waals surface area (Å²) in [5.41, 5.74) is 0. The maximum atomic E-state index is 12.5. The summed E-state index contributed by atoms with van der Waals surface area (Å²) in [4.78, 5) is 6.43. The average molecular weight is 573 g/mol. The first-order chi connectivity index (χ1) is 14.0. The molecule has 1 fully saturated rings. The Balaban J connectivity index is 0.00000450. The molecule has 1 N–H and O–H groups in total. The van der Waals surface area contributed by atoms with Crippen molar-refractivity contribution < 1.29 is 17.9 Å². The van der Waals surface area contributed by atoms with Crippen LogP contribution in [0.4, 0.5) is 0 Å². The van der Waals surface area contributed by atoms with Crippen LogP contribution in [0.5, 0.6) is 11.5 Å². The smallest absolute Gasteiger partial charge is 0.215 e. The molecule has 11 heteroatoms. The van der Waals surface area contributed by atoms with Gasteiger partial charge in [0.1, 0.15) is 18.1 Å². The second-order valence-corrected chi connectivity index (χ2v) is 9.82. The number of ether oxygens (including phenoxy) is 2. The van der Waals surface area contributed by atoms with Crippen LogP contribution in [0.1, 0.15) is 6.92 Å². The highest BCUT2D eigenvalue weighted by atomic mass is 127. The van der Waals surface area contributed by atoms with Gasteiger partial charge in [-0.2, -0.15) is 11.8 Å². The first-order valence-corrected chi connectivity index (χ1v) is 12.5. The molecule has 0 bridgehead atoms. The normalized spacial score (nSPS) is 15.2. The third-order valence-corrected chi connectivity index (χ3v) is 7.22. The zero-order chi connectivity index (χ0) is 21.1. The van der Waals surface area contributed by atoms with Crippen LogP contribution in [0.3, 0.4) is 0 Å². The van der Waals surface area contributed by atoms with Crippen molar-refractivity contribution in [3.8, 4) is 11.5 Å². The molecule has 1 heterocycles. The number of hydrogen-bond acceptors (Lipinski definition) is 6. The van der Waals surface area contributed by atoms with Crippen molar-refractivity contribution in [2.24, 2.45) is 4.99 Å². The van der Waals surface area contributed by atoms with Crippen LogP contribution in [-0.4, -0.2) is 94.3 Å². The summed E-state index contributed by atoms with van der Waals surface area (Å²) >= 11 is 1.79. The van der Waals surface area contributed by atoms with Gasteiger partial charge in [-0.1, -0.05) is 0 Å². The molecule has 8 nitrogen and oxygen atoms in total. The highest BCUT2D eigenvalue weighted by Crippen LogP contribution is 2.17. The lowest BCUT2D eigenvalue weighted by Crippen LogP contribution is -2.42. The van der Waals surface area contributed by atoms with Gasteiger partial charge < -0.3 is 19.7 Å². The first-order valence-electron chi connectivity index (χ1n) is 9.78. The minimum absolute atomic E-state index is 0. The molecule has 0 amide bonds. The number of hydrogen-bond donors (Lipinski definition) is 1. The van der Waals surface area contributed by atoms with Gasteiger partial charge in [-0.05, 0) is 31.2 Å². The number of sulfonamides is 1. The average Bonchev–Trinajstić information content (AvgIpc) is 2.74. The van der Waals surface area contributed by atoms with Crippen molar-refractivity contribution in [2.75, 3.05) is 70.7 Å². The first kappa shape index (κ1) is 27.1. The van der Waals surface area contributed by atoms with E-state index in [1.165, 1.54) is 0 Å². The number of guanidine groups is 1. The summed E-state index contributed by atoms with van der Waals surface area (Å²) in [5.74, 6) is 3.99. The Morgan fingerprint density at radius 2 is 1.87 bits per heavy atom. The predicted molar refractivity (Wildman–Crippen MR) is 135 cm³/mol. The Morgan fingerprint density at radius 3 is 2.47 bits per heavy atom. The van der Waals surface area contributed by atoms with E-state index in [1.54, 1.807) is 23.2 Å². The molecule has 1 aliphatic rings. The van der Waals surface area contributed by atoms with Gasteiger partial charge in [0.25, 0.3) is 0 Å². The number of nitrogens with zero attached hydrogens (tertiary/aromatic N) is 3. The number of likely N-dealkylation sites (N-methyl/N-ethyl adjacent to an activating group) is 1. The molecule has 1 aromatic rings. The Bertz CT molecular complexity index is 741. The molecular formula is C19H33IN4O4S2. The fraction of sp³-hybridized carbons (Fsp3) is 0.632. The number of rotatable bonds is 10. The van der Waals surface area contributed by atoms with Crippen molar-refractivity contribution in [1.29, 1.82) is 0 Å². The highest BCUT2D eigenvalue weighted by Gasteiger charge is 2.23. The molecule has 1 saturated heterocycles. The zero-order valence-electron chi connectivity index (χ0n) is 17.9. The van der Waals surface area contributed by atoms with Crippen molar-refractivity contribution >= 4 is 51.7 Å². The molecule has 0 unspecified atom stereocenters. The molecule has 0 spiro atoms. The lowest BCUT2D eigenvalue weighted by atomic mass is 10.3. The number of halogens is 1. The number of nitrogens with one attached hydrogen (secondary N) is 1. The molecule has 30 heavy (non-hydrogen) atoms. The summed E-state index contributed by atoms with van der Waals surface area (Å²) in [6, 6.07) is 7.43. The fourth-order valence-corrected chi connectivity index (χ4v) is 5.22. The van der Waals surface area contributed by atoms with Gasteiger partial charge in [0.15, 0.2) is 5.96 Å². The van der Waals surface area contributed by atoms with E-state index in [0.717, 1.165) is 23.0 Å². The van der Waals surface area contributed by atoms with Gasteiger partial charge in [0.2, 0.25) is 10.0 Å². The van der Waals surface area contributed by atoms with Crippen molar-refractivity contribution in [3.63, 3.8) is 0 Å². The molecule has 2 rings (SSSR count). The SMILES string of the molecule is CCNC(=NCCS(=O)(=O)N1CCSCC1)N(C)CCOc1ccc(OC)cc1.I. The van der Waals surface area contributed by atoms with E-state index in [2.05, 4.69) is 10.3 Å². The van der Waals surface area contributed by atoms with Crippen molar-refractivity contribution in [3.05, 3.63) is 24.3 Å². The summed E-state index contributed by atoms with van der Waals surface area (Å²) < 4.78 is 37.4. The third-order valence-electron chi connectivity index (χ3n) is 4.43. The Labute approximate surface area is 201 Å². The second-order valence-electron chi connectivity index (χ2n) is 6.51. The van der Waals surface area contributed by atoms with E-state index in [9.17, 15) is 8.42 Å². The molecular weight excluding hydrogens is 539 g/mol. The van der Waals surface area contributed by atoms with Gasteiger partial charge >= 0.3 is 0 Å². The largest absolute Gasteiger partial charge is 0.497 e. The number of methoxy groups -OCH3 is 1. The van der Waals surface area contributed by atoms with Crippen LogP contribution >= 0.6 is 35.7 Å². The minimum atomic E-state index is -3.25. The quantitative estimate of drug-likeness (QED) is 0.261. The van der Waals surface area contributed by atoms with Crippen LogP contribution in [0.15, 0.2) is 29.3 Å². The number of thioether (sulfide) groups is 1. The van der Waals surface area contributed by atoms with E-state index in [-0.39, 0.29) is 36.3 Å². The maximum absolute atomic E-state index is 12.5. The van der Waals surface area contributed by atoms with E-state index >= 15 is 0 Å². The summed E-state index contributed by atoms with van der Waals surface area (Å²) in [6.45, 7) is 5.22. The molecule has 1 aliphatic heterocycles. The molecule has 0 atom stereocenters. The van der Waals surface area contributed by atoms with E-state index < -0.39 is 10.0 Å². The summed E-state index contributed by atoms with van der Waals surface area (Å²) in [6.07, 6.45) is 0. The molecule has 0 radical (unpaired) electrons. The van der Waals surface area contributed by atoms with Crippen LogP contribution in [-0.2, 0) is 10.0 Å². The van der Waals surface area contributed by atoms with Crippen LogP contribution < -0.4 is 14.8 Å². The summed E-state index contributed by atoms with van der Waals surface area (Å²) in [5, 5.41) is 3.20. The molecule has 172 valence electrons. The predicted octanol–water partition coefficient (Wildman–Crippen LogP) is 1.97. The molecule has 0 aliphatic carbocycles. The van der Waals surface area contributed by atoms with Gasteiger partial charge in [0, 0.05) is 38.2 Å². The Morgan fingerprint density at radius 1 is 1.23 bits per heavy atom. The second kappa shape index (κ2) is 14.2. The fourth-order valence-electron chi connectivity index (χ4n) is 2.77. The van der Waals surface area contributed by atoms with Crippen molar-refractivity contribution in [2.45, 2.75) is 6.92 Å². The maximum Gasteiger partial charge on any atom is 0.215 e. The lowest BCUT2D eigenvalue weighted by Gasteiger charge is -2.25. The van der Waals surface area contributed by atoms with Crippen LogP contribution in [0.2, 0.25) is 0 Å². The van der Waals surface area contributed by atoms with Gasteiger partial charge in [-0.15, -0.1) is 24.0 Å². The summed E-state index contributed by atoms with van der Waals surface area (Å²) in [7, 11) is 0.293. The van der Waals surface area contributed by atoms with Crippen LogP contribution in [0.25, 0.3) is 0 Å². The van der Waals surface area contributed by atoms with Crippen LogP contribution in [0, 0.1) is 0 Å². The monoisotopic (exact) mass is 572 g/mol. The van der Waals surface area contributed by atoms with Gasteiger partial charge in [0.05, 0.1) is 26.0 Å². The lowest BCUT2D eigenvalue weighted by molar-refractivity contribution is 0.281. The topological polar surface area (TPSA) is 83.5 Å². The van der Waals surface area contributed by atoms with E-state index in [1.807, 2.05) is 43.1 Å². The Hall–Kier alpha value is -0.920. The minimum Gasteiger partial charge on any atom is -0.497 e. The standard InChI is InChI=1S/C19H32N4O4S2.HI/c1-4-20-19(21-9-16-29(24,25)23-11-14-28-15-12-23)22(2)10-13-27-18-7-5-17(26-3)6-8-18;/h5-8H,4,9-16H2,1-3H3,(H,20,21);1H. The van der Waals surface area contributed by atoms with Crippen molar-refractivity contribution in [1.82, 2.24) is 14.5 Å².